The molecule has 3 heteroatoms. The summed E-state index contributed by atoms with van der Waals surface area (Å²) in [7, 11) is 0. The van der Waals surface area contributed by atoms with Crippen molar-refractivity contribution in [1.82, 2.24) is 5.32 Å². The van der Waals surface area contributed by atoms with E-state index in [1.54, 1.807) is 6.07 Å². The van der Waals surface area contributed by atoms with Gasteiger partial charge in [-0.25, -0.2) is 4.39 Å². The molecule has 1 nitrogen and oxygen atoms in total. The molecule has 0 heterocycles. The van der Waals surface area contributed by atoms with E-state index in [2.05, 4.69) is 48.9 Å². The molecule has 0 spiro atoms. The third-order valence-electron chi connectivity index (χ3n) is 3.85. The summed E-state index contributed by atoms with van der Waals surface area (Å²) in [6, 6.07) is 5.09. The lowest BCUT2D eigenvalue weighted by Gasteiger charge is -2.31. The van der Waals surface area contributed by atoms with Gasteiger partial charge in [-0.1, -0.05) is 43.6 Å². The lowest BCUT2D eigenvalue weighted by atomic mass is 9.81. The summed E-state index contributed by atoms with van der Waals surface area (Å²) in [5.74, 6) is 0.435. The smallest absolute Gasteiger partial charge is 0.128 e. The van der Waals surface area contributed by atoms with Crippen LogP contribution in [0, 0.1) is 17.2 Å². The number of hydrogen-bond donors (Lipinski definition) is 1. The predicted molar refractivity (Wildman–Crippen MR) is 79.1 cm³/mol. The Labute approximate surface area is 118 Å². The molecule has 0 fully saturated rings. The molecule has 0 radical (unpaired) electrons. The van der Waals surface area contributed by atoms with E-state index in [0.717, 1.165) is 11.0 Å². The van der Waals surface area contributed by atoms with Crippen LogP contribution in [0.2, 0.25) is 0 Å². The molecule has 0 aliphatic rings. The average molecular weight is 316 g/mol. The zero-order valence-corrected chi connectivity index (χ0v) is 13.4. The second kappa shape index (κ2) is 6.16. The first-order valence-electron chi connectivity index (χ1n) is 6.42. The Morgan fingerprint density at radius 2 is 1.89 bits per heavy atom. The monoisotopic (exact) mass is 315 g/mol. The normalized spacial score (nSPS) is 14.0. The molecular weight excluding hydrogens is 293 g/mol. The fraction of sp³-hybridized carbons (Fsp3) is 0.600. The maximum absolute atomic E-state index is 13.7. The molecule has 1 aromatic rings. The van der Waals surface area contributed by atoms with E-state index in [1.165, 1.54) is 6.07 Å². The Bertz CT molecular complexity index is 401. The first-order valence-corrected chi connectivity index (χ1v) is 7.21. The van der Waals surface area contributed by atoms with Crippen molar-refractivity contribution in [1.29, 1.82) is 0 Å². The van der Waals surface area contributed by atoms with Gasteiger partial charge in [0.1, 0.15) is 5.82 Å². The predicted octanol–water partition coefficient (Wildman–Crippen LogP) is 4.92. The quantitative estimate of drug-likeness (QED) is 0.813. The largest absolute Gasteiger partial charge is 0.310 e. The molecule has 1 atom stereocenters. The molecule has 18 heavy (non-hydrogen) atoms. The molecular formula is C15H23BrFN. The molecule has 102 valence electrons. The third kappa shape index (κ3) is 4.06. The minimum Gasteiger partial charge on any atom is -0.310 e. The highest BCUT2D eigenvalue weighted by molar-refractivity contribution is 9.10. The second-order valence-electron chi connectivity index (χ2n) is 5.91. The molecule has 0 aliphatic carbocycles. The Balaban J connectivity index is 2.71. The van der Waals surface area contributed by atoms with Crippen LogP contribution < -0.4 is 5.32 Å². The first-order chi connectivity index (χ1) is 8.24. The van der Waals surface area contributed by atoms with Crippen LogP contribution in [-0.2, 0) is 0 Å². The van der Waals surface area contributed by atoms with E-state index in [9.17, 15) is 4.39 Å². The van der Waals surface area contributed by atoms with Crippen LogP contribution in [0.1, 0.15) is 46.2 Å². The van der Waals surface area contributed by atoms with Gasteiger partial charge in [-0.2, -0.15) is 0 Å². The maximum atomic E-state index is 13.7. The van der Waals surface area contributed by atoms with Crippen LogP contribution >= 0.6 is 15.9 Å². The van der Waals surface area contributed by atoms with Crippen molar-refractivity contribution in [2.24, 2.45) is 11.3 Å². The fourth-order valence-electron chi connectivity index (χ4n) is 1.58. The van der Waals surface area contributed by atoms with Gasteiger partial charge in [0, 0.05) is 22.6 Å². The molecule has 1 N–H and O–H groups in total. The molecule has 0 saturated heterocycles. The van der Waals surface area contributed by atoms with Crippen molar-refractivity contribution in [3.63, 3.8) is 0 Å². The fourth-order valence-corrected chi connectivity index (χ4v) is 1.96. The van der Waals surface area contributed by atoms with Crippen LogP contribution in [0.5, 0.6) is 0 Å². The van der Waals surface area contributed by atoms with Crippen molar-refractivity contribution < 1.29 is 4.39 Å². The van der Waals surface area contributed by atoms with Gasteiger partial charge < -0.3 is 5.32 Å². The van der Waals surface area contributed by atoms with E-state index in [0.29, 0.717) is 11.5 Å². The highest BCUT2D eigenvalue weighted by Gasteiger charge is 2.23. The molecule has 0 aromatic heterocycles. The summed E-state index contributed by atoms with van der Waals surface area (Å²) < 4.78 is 14.7. The van der Waals surface area contributed by atoms with Crippen molar-refractivity contribution >= 4 is 15.9 Å². The third-order valence-corrected chi connectivity index (χ3v) is 4.34. The summed E-state index contributed by atoms with van der Waals surface area (Å²) in [6.07, 6.45) is 0. The van der Waals surface area contributed by atoms with Crippen molar-refractivity contribution in [2.75, 3.05) is 6.54 Å². The summed E-state index contributed by atoms with van der Waals surface area (Å²) >= 11 is 3.38. The molecule has 1 rings (SSSR count). The van der Waals surface area contributed by atoms with E-state index < -0.39 is 0 Å². The van der Waals surface area contributed by atoms with Crippen molar-refractivity contribution in [3.8, 4) is 0 Å². The molecule has 1 unspecified atom stereocenters. The summed E-state index contributed by atoms with van der Waals surface area (Å²) in [5.41, 5.74) is 0.917. The average Bonchev–Trinajstić information content (AvgIpc) is 2.29. The van der Waals surface area contributed by atoms with Crippen molar-refractivity contribution in [2.45, 2.75) is 40.7 Å². The number of halogens is 2. The Morgan fingerprint density at radius 3 is 2.44 bits per heavy atom. The number of nitrogens with one attached hydrogen (secondary N) is 1. The molecule has 0 aliphatic heterocycles. The van der Waals surface area contributed by atoms with Crippen molar-refractivity contribution in [3.05, 3.63) is 34.1 Å². The van der Waals surface area contributed by atoms with Gasteiger partial charge in [-0.05, 0) is 36.5 Å². The lowest BCUT2D eigenvalue weighted by molar-refractivity contribution is 0.230. The van der Waals surface area contributed by atoms with Crippen LogP contribution in [0.15, 0.2) is 22.7 Å². The van der Waals surface area contributed by atoms with Gasteiger partial charge in [0.05, 0.1) is 0 Å². The van der Waals surface area contributed by atoms with Crippen LogP contribution in [0.3, 0.4) is 0 Å². The SMILES string of the molecule is CC(NCC(C)(C)C(C)C)c1cc(Br)ccc1F. The maximum Gasteiger partial charge on any atom is 0.128 e. The van der Waals surface area contributed by atoms with Crippen LogP contribution in [0.25, 0.3) is 0 Å². The molecule has 0 bridgehead atoms. The second-order valence-corrected chi connectivity index (χ2v) is 6.83. The van der Waals surface area contributed by atoms with E-state index >= 15 is 0 Å². The highest BCUT2D eigenvalue weighted by atomic mass is 79.9. The van der Waals surface area contributed by atoms with Gasteiger partial charge in [0.25, 0.3) is 0 Å². The van der Waals surface area contributed by atoms with E-state index in [-0.39, 0.29) is 17.3 Å². The van der Waals surface area contributed by atoms with Gasteiger partial charge in [0.15, 0.2) is 0 Å². The summed E-state index contributed by atoms with van der Waals surface area (Å²) in [4.78, 5) is 0. The molecule has 0 amide bonds. The standard InChI is InChI=1S/C15H23BrFN/c1-10(2)15(4,5)9-18-11(3)13-8-12(16)6-7-14(13)17/h6-8,10-11,18H,9H2,1-5H3. The van der Waals surface area contributed by atoms with Crippen LogP contribution in [-0.4, -0.2) is 6.54 Å². The lowest BCUT2D eigenvalue weighted by Crippen LogP contribution is -2.35. The van der Waals surface area contributed by atoms with E-state index in [4.69, 9.17) is 0 Å². The molecule has 1 aromatic carbocycles. The summed E-state index contributed by atoms with van der Waals surface area (Å²) in [6.45, 7) is 11.8. The number of rotatable bonds is 5. The number of hydrogen-bond acceptors (Lipinski definition) is 1. The van der Waals surface area contributed by atoms with Gasteiger partial charge >= 0.3 is 0 Å². The first kappa shape index (κ1) is 15.6. The number of benzene rings is 1. The van der Waals surface area contributed by atoms with Gasteiger partial charge in [-0.15, -0.1) is 0 Å². The molecule has 0 saturated carbocycles. The Morgan fingerprint density at radius 1 is 1.28 bits per heavy atom. The summed E-state index contributed by atoms with van der Waals surface area (Å²) in [5, 5.41) is 3.43. The zero-order chi connectivity index (χ0) is 13.9. The highest BCUT2D eigenvalue weighted by Crippen LogP contribution is 2.27. The Kier molecular flexibility index (Phi) is 5.35. The minimum absolute atomic E-state index is 0.0144. The minimum atomic E-state index is -0.152. The van der Waals surface area contributed by atoms with Crippen LogP contribution in [0.4, 0.5) is 4.39 Å². The van der Waals surface area contributed by atoms with E-state index in [1.807, 2.05) is 13.0 Å². The zero-order valence-electron chi connectivity index (χ0n) is 11.8. The topological polar surface area (TPSA) is 12.0 Å². The Hall–Kier alpha value is -0.410. The van der Waals surface area contributed by atoms with Gasteiger partial charge in [-0.3, -0.25) is 0 Å². The van der Waals surface area contributed by atoms with Gasteiger partial charge in [0.2, 0.25) is 0 Å².